The van der Waals surface area contributed by atoms with Crippen LogP contribution < -0.4 is 0 Å². The molecular weight excluding hydrogens is 463 g/mol. The molecule has 0 bridgehead atoms. The molecule has 0 spiro atoms. The van der Waals surface area contributed by atoms with Gasteiger partial charge < -0.3 is 24.5 Å². The Bertz CT molecular complexity index is 802. The van der Waals surface area contributed by atoms with E-state index in [1.165, 1.54) is 0 Å². The lowest BCUT2D eigenvalue weighted by atomic mass is 9.61. The highest BCUT2D eigenvalue weighted by atomic mass is 19.4. The molecule has 1 aromatic heterocycles. The number of alkyl halides is 3. The first kappa shape index (κ1) is 27.5. The average molecular weight is 493 g/mol. The molecule has 192 valence electrons. The van der Waals surface area contributed by atoms with Crippen molar-refractivity contribution in [3.05, 3.63) is 11.7 Å². The average Bonchev–Trinajstić information content (AvgIpc) is 3.12. The SMILES string of the molecule is CN1CCCN(C(=O)[C@@H]2C[C@H]3CCN(Cc4nc(C(F)(F)F)no4)C[C@H]32)CC1.O=CO.O=CO. The van der Waals surface area contributed by atoms with Crippen molar-refractivity contribution in [1.82, 2.24) is 24.8 Å². The third kappa shape index (κ3) is 7.38. The van der Waals surface area contributed by atoms with Crippen LogP contribution in [0.3, 0.4) is 0 Å². The number of amides is 1. The minimum absolute atomic E-state index is 0.0245. The molecule has 1 saturated carbocycles. The van der Waals surface area contributed by atoms with Gasteiger partial charge in [-0.3, -0.25) is 19.3 Å². The fourth-order valence-corrected chi connectivity index (χ4v) is 4.71. The van der Waals surface area contributed by atoms with E-state index in [4.69, 9.17) is 24.3 Å². The summed E-state index contributed by atoms with van der Waals surface area (Å²) in [4.78, 5) is 39.5. The van der Waals surface area contributed by atoms with Crippen LogP contribution in [0.1, 0.15) is 31.0 Å². The number of likely N-dealkylation sites (N-methyl/N-ethyl adjacent to an activating group) is 1. The Morgan fingerprint density at radius 3 is 2.44 bits per heavy atom. The molecule has 3 atom stereocenters. The summed E-state index contributed by atoms with van der Waals surface area (Å²) in [6.07, 6.45) is -1.71. The van der Waals surface area contributed by atoms with Crippen molar-refractivity contribution < 1.29 is 42.3 Å². The number of carbonyl (C=O) groups excluding carboxylic acids is 1. The number of rotatable bonds is 3. The van der Waals surface area contributed by atoms with Crippen LogP contribution in [0.4, 0.5) is 13.2 Å². The van der Waals surface area contributed by atoms with E-state index in [9.17, 15) is 18.0 Å². The number of carboxylic acid groups (broad SMARTS) is 2. The molecule has 11 nitrogen and oxygen atoms in total. The summed E-state index contributed by atoms with van der Waals surface area (Å²) >= 11 is 0. The summed E-state index contributed by atoms with van der Waals surface area (Å²) in [5.74, 6) is -0.176. The van der Waals surface area contributed by atoms with E-state index in [1.54, 1.807) is 0 Å². The molecule has 34 heavy (non-hydrogen) atoms. The molecule has 0 radical (unpaired) electrons. The number of halogens is 3. The van der Waals surface area contributed by atoms with Crippen LogP contribution in [0.5, 0.6) is 0 Å². The van der Waals surface area contributed by atoms with E-state index >= 15 is 0 Å². The Morgan fingerprint density at radius 2 is 1.82 bits per heavy atom. The van der Waals surface area contributed by atoms with Crippen LogP contribution in [0.25, 0.3) is 0 Å². The minimum atomic E-state index is -4.60. The zero-order valence-corrected chi connectivity index (χ0v) is 18.9. The molecule has 2 aliphatic heterocycles. The molecule has 0 aromatic carbocycles. The number of likely N-dealkylation sites (tertiary alicyclic amines) is 1. The summed E-state index contributed by atoms with van der Waals surface area (Å²) in [6.45, 7) is 4.66. The summed E-state index contributed by atoms with van der Waals surface area (Å²) in [5.41, 5.74) is 0. The van der Waals surface area contributed by atoms with E-state index in [2.05, 4.69) is 22.1 Å². The lowest BCUT2D eigenvalue weighted by Gasteiger charge is -2.51. The molecule has 3 aliphatic rings. The largest absolute Gasteiger partial charge is 0.483 e. The van der Waals surface area contributed by atoms with Gasteiger partial charge in [-0.25, -0.2) is 0 Å². The van der Waals surface area contributed by atoms with Gasteiger partial charge in [0.05, 0.1) is 6.54 Å². The van der Waals surface area contributed by atoms with Gasteiger partial charge in [0.25, 0.3) is 18.8 Å². The number of carbonyl (C=O) groups is 3. The van der Waals surface area contributed by atoms with Crippen LogP contribution in [-0.4, -0.2) is 100 Å². The molecule has 2 N–H and O–H groups in total. The van der Waals surface area contributed by atoms with Gasteiger partial charge in [0.1, 0.15) is 0 Å². The van der Waals surface area contributed by atoms with Crippen molar-refractivity contribution in [1.29, 1.82) is 0 Å². The molecule has 1 amide bonds. The van der Waals surface area contributed by atoms with Crippen LogP contribution in [0.15, 0.2) is 4.52 Å². The quantitative estimate of drug-likeness (QED) is 0.589. The van der Waals surface area contributed by atoms with Crippen LogP contribution in [0.2, 0.25) is 0 Å². The predicted molar refractivity (Wildman–Crippen MR) is 110 cm³/mol. The lowest BCUT2D eigenvalue weighted by Crippen LogP contribution is -2.55. The summed E-state index contributed by atoms with van der Waals surface area (Å²) in [6, 6.07) is 0. The van der Waals surface area contributed by atoms with Gasteiger partial charge >= 0.3 is 6.18 Å². The standard InChI is InChI=1S/C18H26F3N5O2.2CH2O2/c1-24-4-2-5-26(8-7-24)16(27)13-9-12-3-6-25(10-14(12)13)11-15-22-17(23-28-15)18(19,20)21;2*2-1-3/h12-14H,2-11H2,1H3;2*1H,(H,2,3)/t12-,13-,14-;;/m1../s1. The Balaban J connectivity index is 0.000000618. The van der Waals surface area contributed by atoms with Gasteiger partial charge in [0.2, 0.25) is 11.8 Å². The van der Waals surface area contributed by atoms with Crippen LogP contribution in [-0.2, 0) is 27.1 Å². The number of hydrogen-bond acceptors (Lipinski definition) is 8. The molecule has 0 unspecified atom stereocenters. The zero-order valence-electron chi connectivity index (χ0n) is 18.9. The van der Waals surface area contributed by atoms with E-state index in [1.807, 2.05) is 9.80 Å². The number of hydrogen-bond donors (Lipinski definition) is 2. The number of piperidine rings is 1. The van der Waals surface area contributed by atoms with Gasteiger partial charge in [0, 0.05) is 32.1 Å². The Morgan fingerprint density at radius 1 is 1.15 bits per heavy atom. The smallest absolute Gasteiger partial charge is 0.455 e. The van der Waals surface area contributed by atoms with Crippen molar-refractivity contribution in [2.45, 2.75) is 32.0 Å². The number of fused-ring (bicyclic) bond motifs is 1. The molecular formula is C20H30F3N5O6. The van der Waals surface area contributed by atoms with Gasteiger partial charge in [0.15, 0.2) is 0 Å². The highest BCUT2D eigenvalue weighted by Gasteiger charge is 2.49. The molecule has 4 rings (SSSR count). The third-order valence-corrected chi connectivity index (χ3v) is 6.39. The molecule has 1 aliphatic carbocycles. The molecule has 3 heterocycles. The first-order valence-corrected chi connectivity index (χ1v) is 10.9. The highest BCUT2D eigenvalue weighted by molar-refractivity contribution is 5.80. The maximum absolute atomic E-state index is 13.0. The van der Waals surface area contributed by atoms with Gasteiger partial charge in [-0.15, -0.1) is 0 Å². The highest BCUT2D eigenvalue weighted by Crippen LogP contribution is 2.46. The Labute approximate surface area is 194 Å². The Kier molecular flexibility index (Phi) is 10.2. The number of aromatic nitrogens is 2. The maximum atomic E-state index is 13.0. The maximum Gasteiger partial charge on any atom is 0.455 e. The fourth-order valence-electron chi connectivity index (χ4n) is 4.71. The summed E-state index contributed by atoms with van der Waals surface area (Å²) in [5, 5.41) is 16.8. The second-order valence-corrected chi connectivity index (χ2v) is 8.49. The fraction of sp³-hybridized carbons (Fsp3) is 0.750. The number of nitrogens with zero attached hydrogens (tertiary/aromatic N) is 5. The second kappa shape index (κ2) is 12.6. The predicted octanol–water partition coefficient (Wildman–Crippen LogP) is 1.11. The summed E-state index contributed by atoms with van der Waals surface area (Å²) in [7, 11) is 2.08. The Hall–Kier alpha value is -2.74. The van der Waals surface area contributed by atoms with Gasteiger partial charge in [-0.2, -0.15) is 18.2 Å². The lowest BCUT2D eigenvalue weighted by molar-refractivity contribution is -0.148. The van der Waals surface area contributed by atoms with E-state index in [0.717, 1.165) is 52.0 Å². The van der Waals surface area contributed by atoms with Gasteiger partial charge in [-0.1, -0.05) is 5.16 Å². The van der Waals surface area contributed by atoms with Crippen molar-refractivity contribution in [2.75, 3.05) is 46.3 Å². The van der Waals surface area contributed by atoms with E-state index in [0.29, 0.717) is 12.5 Å². The molecule has 1 aromatic rings. The topological polar surface area (TPSA) is 140 Å². The van der Waals surface area contributed by atoms with Crippen molar-refractivity contribution in [3.63, 3.8) is 0 Å². The molecule has 2 saturated heterocycles. The monoisotopic (exact) mass is 493 g/mol. The van der Waals surface area contributed by atoms with Crippen LogP contribution in [0, 0.1) is 17.8 Å². The molecule has 3 fully saturated rings. The first-order chi connectivity index (χ1) is 16.1. The van der Waals surface area contributed by atoms with E-state index in [-0.39, 0.29) is 43.1 Å². The summed E-state index contributed by atoms with van der Waals surface area (Å²) < 4.78 is 42.7. The third-order valence-electron chi connectivity index (χ3n) is 6.39. The van der Waals surface area contributed by atoms with Crippen molar-refractivity contribution >= 4 is 18.9 Å². The zero-order chi connectivity index (χ0) is 25.3. The van der Waals surface area contributed by atoms with Crippen LogP contribution >= 0.6 is 0 Å². The van der Waals surface area contributed by atoms with E-state index < -0.39 is 12.0 Å². The first-order valence-electron chi connectivity index (χ1n) is 10.9. The van der Waals surface area contributed by atoms with Crippen molar-refractivity contribution in [3.8, 4) is 0 Å². The second-order valence-electron chi connectivity index (χ2n) is 8.49. The van der Waals surface area contributed by atoms with Gasteiger partial charge in [-0.05, 0) is 51.2 Å². The molecule has 14 heteroatoms. The van der Waals surface area contributed by atoms with Crippen molar-refractivity contribution in [2.24, 2.45) is 17.8 Å². The normalized spacial score (nSPS) is 25.3. The minimum Gasteiger partial charge on any atom is -0.483 e.